The van der Waals surface area contributed by atoms with Crippen molar-refractivity contribution in [3.63, 3.8) is 0 Å². The van der Waals surface area contributed by atoms with Crippen LogP contribution < -0.4 is 15.8 Å². The van der Waals surface area contributed by atoms with Crippen LogP contribution in [0.3, 0.4) is 0 Å². The number of hydrogen-bond donors (Lipinski definition) is 2. The average molecular weight is 279 g/mol. The summed E-state index contributed by atoms with van der Waals surface area (Å²) < 4.78 is 5.59. The molecule has 0 aliphatic heterocycles. The minimum Gasteiger partial charge on any atom is -0.490 e. The van der Waals surface area contributed by atoms with Gasteiger partial charge in [-0.3, -0.25) is 4.79 Å². The molecule has 0 aliphatic rings. The van der Waals surface area contributed by atoms with Crippen LogP contribution in [0.5, 0.6) is 5.75 Å². The van der Waals surface area contributed by atoms with Crippen LogP contribution in [0.25, 0.3) is 0 Å². The molecule has 0 bridgehead atoms. The van der Waals surface area contributed by atoms with E-state index in [1.807, 2.05) is 32.8 Å². The van der Waals surface area contributed by atoms with E-state index in [0.717, 1.165) is 13.0 Å². The number of nitrogens with zero attached hydrogens (tertiary/aromatic N) is 1. The van der Waals surface area contributed by atoms with E-state index in [1.165, 1.54) is 0 Å². The van der Waals surface area contributed by atoms with Gasteiger partial charge >= 0.3 is 0 Å². The quantitative estimate of drug-likeness (QED) is 0.746. The molecule has 0 heterocycles. The second kappa shape index (κ2) is 7.75. The Morgan fingerprint density at radius 1 is 1.45 bits per heavy atom. The third-order valence-corrected chi connectivity index (χ3v) is 3.06. The molecule has 0 saturated carbocycles. The van der Waals surface area contributed by atoms with Crippen molar-refractivity contribution in [1.29, 1.82) is 0 Å². The van der Waals surface area contributed by atoms with Crippen molar-refractivity contribution in [2.75, 3.05) is 33.0 Å². The van der Waals surface area contributed by atoms with Crippen LogP contribution in [0.1, 0.15) is 30.6 Å². The maximum atomic E-state index is 12.0. The summed E-state index contributed by atoms with van der Waals surface area (Å²) in [6, 6.07) is 5.29. The molecular weight excluding hydrogens is 254 g/mol. The lowest BCUT2D eigenvalue weighted by Gasteiger charge is -2.14. The number of carbonyl (C=O) groups is 1. The van der Waals surface area contributed by atoms with Crippen LogP contribution in [0, 0.1) is 0 Å². The van der Waals surface area contributed by atoms with Crippen LogP contribution >= 0.6 is 0 Å². The summed E-state index contributed by atoms with van der Waals surface area (Å²) in [5.74, 6) is 0.512. The summed E-state index contributed by atoms with van der Waals surface area (Å²) in [6.07, 6.45) is 0.896. The van der Waals surface area contributed by atoms with E-state index in [4.69, 9.17) is 10.5 Å². The summed E-state index contributed by atoms with van der Waals surface area (Å²) in [5.41, 5.74) is 6.97. The first-order valence-corrected chi connectivity index (χ1v) is 6.92. The highest BCUT2D eigenvalue weighted by Crippen LogP contribution is 2.22. The van der Waals surface area contributed by atoms with E-state index in [2.05, 4.69) is 5.32 Å². The van der Waals surface area contributed by atoms with Gasteiger partial charge < -0.3 is 20.7 Å². The first-order chi connectivity index (χ1) is 9.43. The summed E-state index contributed by atoms with van der Waals surface area (Å²) in [5, 5.41) is 2.91. The maximum absolute atomic E-state index is 12.0. The molecule has 1 atom stereocenters. The fourth-order valence-electron chi connectivity index (χ4n) is 1.57. The number of nitrogens with one attached hydrogen (secondary N) is 1. The normalized spacial score (nSPS) is 12.2. The largest absolute Gasteiger partial charge is 0.490 e. The lowest BCUT2D eigenvalue weighted by Crippen LogP contribution is -2.31. The van der Waals surface area contributed by atoms with Crippen molar-refractivity contribution >= 4 is 11.6 Å². The Labute approximate surface area is 121 Å². The lowest BCUT2D eigenvalue weighted by molar-refractivity contribution is 0.0939. The Bertz CT molecular complexity index is 447. The minimum absolute atomic E-state index is 0.106. The number of anilines is 1. The Hall–Kier alpha value is -1.75. The monoisotopic (exact) mass is 279 g/mol. The van der Waals surface area contributed by atoms with Crippen LogP contribution in [0.15, 0.2) is 18.2 Å². The number of rotatable bonds is 7. The SMILES string of the molecule is CCC(C)NC(=O)c1ccc(OCCN(C)C)c(N)c1. The number of carbonyl (C=O) groups excluding carboxylic acids is 1. The van der Waals surface area contributed by atoms with Gasteiger partial charge in [-0.1, -0.05) is 6.92 Å². The molecule has 0 aliphatic carbocycles. The third-order valence-electron chi connectivity index (χ3n) is 3.06. The van der Waals surface area contributed by atoms with Gasteiger partial charge in [-0.25, -0.2) is 0 Å². The van der Waals surface area contributed by atoms with Crippen molar-refractivity contribution in [1.82, 2.24) is 10.2 Å². The van der Waals surface area contributed by atoms with Gasteiger partial charge in [0.1, 0.15) is 12.4 Å². The van der Waals surface area contributed by atoms with Crippen molar-refractivity contribution < 1.29 is 9.53 Å². The molecule has 0 radical (unpaired) electrons. The zero-order valence-electron chi connectivity index (χ0n) is 12.8. The molecule has 0 fully saturated rings. The van der Waals surface area contributed by atoms with E-state index in [0.29, 0.717) is 23.6 Å². The molecule has 0 spiro atoms. The third kappa shape index (κ3) is 5.09. The molecule has 0 saturated heterocycles. The second-order valence-corrected chi connectivity index (χ2v) is 5.19. The number of amides is 1. The van der Waals surface area contributed by atoms with E-state index in [9.17, 15) is 4.79 Å². The maximum Gasteiger partial charge on any atom is 0.251 e. The van der Waals surface area contributed by atoms with Gasteiger partial charge in [0.05, 0.1) is 5.69 Å². The molecule has 1 aromatic carbocycles. The molecule has 1 aromatic rings. The van der Waals surface area contributed by atoms with Crippen LogP contribution in [0.4, 0.5) is 5.69 Å². The van der Waals surface area contributed by atoms with Gasteiger partial charge in [0, 0.05) is 18.2 Å². The fourth-order valence-corrected chi connectivity index (χ4v) is 1.57. The van der Waals surface area contributed by atoms with Gasteiger partial charge in [0.2, 0.25) is 0 Å². The van der Waals surface area contributed by atoms with Gasteiger partial charge in [0.15, 0.2) is 0 Å². The van der Waals surface area contributed by atoms with Gasteiger partial charge in [-0.05, 0) is 45.6 Å². The van der Waals surface area contributed by atoms with Crippen LogP contribution in [-0.2, 0) is 0 Å². The molecule has 1 unspecified atom stereocenters. The lowest BCUT2D eigenvalue weighted by atomic mass is 10.1. The highest BCUT2D eigenvalue weighted by molar-refractivity contribution is 5.95. The van der Waals surface area contributed by atoms with Crippen molar-refractivity contribution in [2.45, 2.75) is 26.3 Å². The molecule has 1 rings (SSSR count). The molecule has 20 heavy (non-hydrogen) atoms. The summed E-state index contributed by atoms with van der Waals surface area (Å²) in [7, 11) is 3.96. The smallest absolute Gasteiger partial charge is 0.251 e. The molecule has 5 nitrogen and oxygen atoms in total. The standard InChI is InChI=1S/C15H25N3O2/c1-5-11(2)17-15(19)12-6-7-14(13(16)10-12)20-9-8-18(3)4/h6-7,10-11H,5,8-9,16H2,1-4H3,(H,17,19). The first kappa shape index (κ1) is 16.3. The Balaban J connectivity index is 2.65. The molecule has 0 aromatic heterocycles. The average Bonchev–Trinajstić information content (AvgIpc) is 2.39. The van der Waals surface area contributed by atoms with E-state index in [1.54, 1.807) is 18.2 Å². The highest BCUT2D eigenvalue weighted by Gasteiger charge is 2.10. The number of ether oxygens (including phenoxy) is 1. The zero-order valence-corrected chi connectivity index (χ0v) is 12.8. The van der Waals surface area contributed by atoms with Crippen molar-refractivity contribution in [3.8, 4) is 5.75 Å². The molecule has 112 valence electrons. The summed E-state index contributed by atoms with van der Waals surface area (Å²) in [4.78, 5) is 14.0. The predicted molar refractivity (Wildman–Crippen MR) is 82.1 cm³/mol. The second-order valence-electron chi connectivity index (χ2n) is 5.19. The van der Waals surface area contributed by atoms with Gasteiger partial charge in [-0.2, -0.15) is 0 Å². The van der Waals surface area contributed by atoms with Crippen molar-refractivity contribution in [2.24, 2.45) is 0 Å². The molecular formula is C15H25N3O2. The number of benzene rings is 1. The van der Waals surface area contributed by atoms with Crippen molar-refractivity contribution in [3.05, 3.63) is 23.8 Å². The molecule has 5 heteroatoms. The van der Waals surface area contributed by atoms with Crippen LogP contribution in [0.2, 0.25) is 0 Å². The number of nitrogen functional groups attached to an aromatic ring is 1. The zero-order chi connectivity index (χ0) is 15.1. The van der Waals surface area contributed by atoms with E-state index in [-0.39, 0.29) is 11.9 Å². The number of hydrogen-bond acceptors (Lipinski definition) is 4. The summed E-state index contributed by atoms with van der Waals surface area (Å²) in [6.45, 7) is 5.38. The van der Waals surface area contributed by atoms with Gasteiger partial charge in [-0.15, -0.1) is 0 Å². The summed E-state index contributed by atoms with van der Waals surface area (Å²) >= 11 is 0. The number of nitrogens with two attached hydrogens (primary N) is 1. The fraction of sp³-hybridized carbons (Fsp3) is 0.533. The van der Waals surface area contributed by atoms with Crippen LogP contribution in [-0.4, -0.2) is 44.1 Å². The Morgan fingerprint density at radius 2 is 2.15 bits per heavy atom. The Morgan fingerprint density at radius 3 is 2.70 bits per heavy atom. The predicted octanol–water partition coefficient (Wildman–Crippen LogP) is 1.74. The minimum atomic E-state index is -0.106. The van der Waals surface area contributed by atoms with Gasteiger partial charge in [0.25, 0.3) is 5.91 Å². The highest BCUT2D eigenvalue weighted by atomic mass is 16.5. The van der Waals surface area contributed by atoms with E-state index >= 15 is 0 Å². The number of likely N-dealkylation sites (N-methyl/N-ethyl adjacent to an activating group) is 1. The molecule has 3 N–H and O–H groups in total. The molecule has 1 amide bonds. The Kier molecular flexibility index (Phi) is 6.31. The first-order valence-electron chi connectivity index (χ1n) is 6.92. The topological polar surface area (TPSA) is 67.6 Å². The van der Waals surface area contributed by atoms with E-state index < -0.39 is 0 Å².